The number of aryl methyl sites for hydroxylation is 1. The van der Waals surface area contributed by atoms with Gasteiger partial charge in [0.1, 0.15) is 0 Å². The largest absolute Gasteiger partial charge is 0.391 e. The van der Waals surface area contributed by atoms with Crippen LogP contribution < -0.4 is 5.73 Å². The van der Waals surface area contributed by atoms with Crippen LogP contribution in [0.25, 0.3) is 0 Å². The SMILES string of the molecule is Cc1ccccc1CSCC(O)CN. The fraction of sp³-hybridized carbons (Fsp3) is 0.455. The fourth-order valence-corrected chi connectivity index (χ4v) is 2.21. The van der Waals surface area contributed by atoms with Gasteiger partial charge in [0.05, 0.1) is 6.10 Å². The van der Waals surface area contributed by atoms with E-state index < -0.39 is 0 Å². The third kappa shape index (κ3) is 3.70. The van der Waals surface area contributed by atoms with Crippen molar-refractivity contribution >= 4 is 11.8 Å². The number of thioether (sulfide) groups is 1. The zero-order valence-electron chi connectivity index (χ0n) is 8.44. The molecule has 0 aromatic heterocycles. The molecule has 78 valence electrons. The Morgan fingerprint density at radius 3 is 2.79 bits per heavy atom. The Balaban J connectivity index is 2.35. The number of rotatable bonds is 5. The Bertz CT molecular complexity index is 278. The maximum atomic E-state index is 9.26. The molecule has 0 aliphatic carbocycles. The van der Waals surface area contributed by atoms with E-state index >= 15 is 0 Å². The molecule has 0 fully saturated rings. The second kappa shape index (κ2) is 6.06. The molecule has 0 aliphatic rings. The van der Waals surface area contributed by atoms with Gasteiger partial charge in [0.2, 0.25) is 0 Å². The molecule has 3 N–H and O–H groups in total. The molecule has 0 heterocycles. The number of aliphatic hydroxyl groups is 1. The van der Waals surface area contributed by atoms with E-state index in [1.54, 1.807) is 11.8 Å². The minimum absolute atomic E-state index is 0.348. The highest BCUT2D eigenvalue weighted by molar-refractivity contribution is 7.98. The van der Waals surface area contributed by atoms with Crippen molar-refractivity contribution in [2.45, 2.75) is 18.8 Å². The first-order chi connectivity index (χ1) is 6.74. The van der Waals surface area contributed by atoms with E-state index in [-0.39, 0.29) is 6.10 Å². The van der Waals surface area contributed by atoms with E-state index in [2.05, 4.69) is 19.1 Å². The number of nitrogens with two attached hydrogens (primary N) is 1. The van der Waals surface area contributed by atoms with Gasteiger partial charge >= 0.3 is 0 Å². The second-order valence-corrected chi connectivity index (χ2v) is 4.36. The normalized spacial score (nSPS) is 12.8. The fourth-order valence-electron chi connectivity index (χ4n) is 1.14. The lowest BCUT2D eigenvalue weighted by atomic mass is 10.1. The Hall–Kier alpha value is -0.510. The van der Waals surface area contributed by atoms with Crippen molar-refractivity contribution in [3.8, 4) is 0 Å². The molecule has 1 unspecified atom stereocenters. The molecule has 0 aliphatic heterocycles. The number of benzene rings is 1. The molecule has 1 aromatic carbocycles. The summed E-state index contributed by atoms with van der Waals surface area (Å²) in [6.45, 7) is 2.45. The number of aliphatic hydroxyl groups excluding tert-OH is 1. The summed E-state index contributed by atoms with van der Waals surface area (Å²) in [7, 11) is 0. The molecule has 0 bridgehead atoms. The summed E-state index contributed by atoms with van der Waals surface area (Å²) in [5.41, 5.74) is 7.96. The molecule has 2 nitrogen and oxygen atoms in total. The highest BCUT2D eigenvalue weighted by Crippen LogP contribution is 2.16. The summed E-state index contributed by atoms with van der Waals surface area (Å²) in [6.07, 6.45) is -0.371. The molecule has 0 spiro atoms. The highest BCUT2D eigenvalue weighted by Gasteiger charge is 2.02. The van der Waals surface area contributed by atoms with Crippen LogP contribution in [-0.4, -0.2) is 23.5 Å². The van der Waals surface area contributed by atoms with E-state index in [1.807, 2.05) is 12.1 Å². The quantitative estimate of drug-likeness (QED) is 0.776. The molecule has 1 rings (SSSR count). The molecular formula is C11H17NOS. The van der Waals surface area contributed by atoms with Gasteiger partial charge in [-0.05, 0) is 18.1 Å². The monoisotopic (exact) mass is 211 g/mol. The molecule has 0 amide bonds. The van der Waals surface area contributed by atoms with Crippen molar-refractivity contribution < 1.29 is 5.11 Å². The van der Waals surface area contributed by atoms with Gasteiger partial charge in [0.15, 0.2) is 0 Å². The van der Waals surface area contributed by atoms with Gasteiger partial charge < -0.3 is 10.8 Å². The van der Waals surface area contributed by atoms with E-state index in [4.69, 9.17) is 5.73 Å². The highest BCUT2D eigenvalue weighted by atomic mass is 32.2. The van der Waals surface area contributed by atoms with Crippen molar-refractivity contribution in [3.05, 3.63) is 35.4 Å². The predicted molar refractivity (Wildman–Crippen MR) is 62.4 cm³/mol. The zero-order valence-corrected chi connectivity index (χ0v) is 9.26. The van der Waals surface area contributed by atoms with Gasteiger partial charge in [-0.3, -0.25) is 0 Å². The van der Waals surface area contributed by atoms with Crippen LogP contribution in [0.2, 0.25) is 0 Å². The number of hydrogen-bond acceptors (Lipinski definition) is 3. The lowest BCUT2D eigenvalue weighted by Gasteiger charge is -2.08. The standard InChI is InChI=1S/C11H17NOS/c1-9-4-2-3-5-10(9)7-14-8-11(13)6-12/h2-5,11,13H,6-8,12H2,1H3. The van der Waals surface area contributed by atoms with Crippen LogP contribution in [0, 0.1) is 6.92 Å². The van der Waals surface area contributed by atoms with Gasteiger partial charge in [-0.15, -0.1) is 0 Å². The van der Waals surface area contributed by atoms with Crippen LogP contribution in [0.4, 0.5) is 0 Å². The van der Waals surface area contributed by atoms with Gasteiger partial charge in [0.25, 0.3) is 0 Å². The molecule has 0 radical (unpaired) electrons. The molecular weight excluding hydrogens is 194 g/mol. The maximum absolute atomic E-state index is 9.26. The molecule has 3 heteroatoms. The minimum atomic E-state index is -0.371. The maximum Gasteiger partial charge on any atom is 0.0752 e. The molecule has 1 aromatic rings. The zero-order chi connectivity index (χ0) is 10.4. The van der Waals surface area contributed by atoms with Gasteiger partial charge in [0, 0.05) is 18.1 Å². The van der Waals surface area contributed by atoms with Crippen molar-refractivity contribution in [2.75, 3.05) is 12.3 Å². The number of hydrogen-bond donors (Lipinski definition) is 2. The molecule has 1 atom stereocenters. The second-order valence-electron chi connectivity index (χ2n) is 3.33. The van der Waals surface area contributed by atoms with Gasteiger partial charge in [-0.2, -0.15) is 11.8 Å². The van der Waals surface area contributed by atoms with Crippen LogP contribution in [0.15, 0.2) is 24.3 Å². The van der Waals surface area contributed by atoms with Crippen molar-refractivity contribution in [3.63, 3.8) is 0 Å². The molecule has 0 saturated heterocycles. The topological polar surface area (TPSA) is 46.2 Å². The Labute approximate surface area is 89.5 Å². The van der Waals surface area contributed by atoms with Crippen molar-refractivity contribution in [1.29, 1.82) is 0 Å². The average Bonchev–Trinajstić information content (AvgIpc) is 2.20. The van der Waals surface area contributed by atoms with Crippen molar-refractivity contribution in [1.82, 2.24) is 0 Å². The first kappa shape index (κ1) is 11.6. The predicted octanol–water partition coefficient (Wildman–Crippen LogP) is 1.55. The summed E-state index contributed by atoms with van der Waals surface area (Å²) in [4.78, 5) is 0. The third-order valence-corrected chi connectivity index (χ3v) is 3.24. The van der Waals surface area contributed by atoms with E-state index in [0.717, 1.165) is 5.75 Å². The Morgan fingerprint density at radius 2 is 2.14 bits per heavy atom. The van der Waals surface area contributed by atoms with Crippen molar-refractivity contribution in [2.24, 2.45) is 5.73 Å². The molecule has 14 heavy (non-hydrogen) atoms. The Morgan fingerprint density at radius 1 is 1.43 bits per heavy atom. The summed E-state index contributed by atoms with van der Waals surface area (Å²) in [6, 6.07) is 8.31. The van der Waals surface area contributed by atoms with Crippen LogP contribution in [-0.2, 0) is 5.75 Å². The Kier molecular flexibility index (Phi) is 5.01. The van der Waals surface area contributed by atoms with Gasteiger partial charge in [-0.25, -0.2) is 0 Å². The van der Waals surface area contributed by atoms with Gasteiger partial charge in [-0.1, -0.05) is 24.3 Å². The molecule has 0 saturated carbocycles. The smallest absolute Gasteiger partial charge is 0.0752 e. The average molecular weight is 211 g/mol. The van der Waals surface area contributed by atoms with E-state index in [1.165, 1.54) is 11.1 Å². The minimum Gasteiger partial charge on any atom is -0.391 e. The summed E-state index contributed by atoms with van der Waals surface area (Å²) < 4.78 is 0. The van der Waals surface area contributed by atoms with Crippen LogP contribution >= 0.6 is 11.8 Å². The van der Waals surface area contributed by atoms with E-state index in [0.29, 0.717) is 12.3 Å². The lowest BCUT2D eigenvalue weighted by Crippen LogP contribution is -2.21. The summed E-state index contributed by atoms with van der Waals surface area (Å²) in [5.74, 6) is 1.66. The first-order valence-electron chi connectivity index (χ1n) is 4.74. The summed E-state index contributed by atoms with van der Waals surface area (Å²) in [5, 5.41) is 9.26. The van der Waals surface area contributed by atoms with Crippen LogP contribution in [0.1, 0.15) is 11.1 Å². The van der Waals surface area contributed by atoms with Crippen LogP contribution in [0.5, 0.6) is 0 Å². The first-order valence-corrected chi connectivity index (χ1v) is 5.90. The summed E-state index contributed by atoms with van der Waals surface area (Å²) >= 11 is 1.72. The third-order valence-electron chi connectivity index (χ3n) is 2.10. The van der Waals surface area contributed by atoms with Crippen LogP contribution in [0.3, 0.4) is 0 Å². The van der Waals surface area contributed by atoms with E-state index in [9.17, 15) is 5.11 Å². The lowest BCUT2D eigenvalue weighted by molar-refractivity contribution is 0.208.